The summed E-state index contributed by atoms with van der Waals surface area (Å²) >= 11 is 12.4. The molecule has 10 atom stereocenters. The van der Waals surface area contributed by atoms with Gasteiger partial charge in [0.1, 0.15) is 31.3 Å². The summed E-state index contributed by atoms with van der Waals surface area (Å²) in [6.07, 6.45) is 6.29. The average Bonchev–Trinajstić information content (AvgIpc) is 1.61. The van der Waals surface area contributed by atoms with Crippen molar-refractivity contribution in [1.29, 1.82) is 0 Å². The standard InChI is InChI=1S/C27H32ClFN4O4S.C24H25ClFN3O3S.C4H8O.H14P12.H5P3/c1-27(2,35)17-30-14-22(15-30)33-24-8-6-20(29)13-25(24)32(26(33)34)16-21-12-18-11-19(28)5-7-23(18)31(21)9-4-10-38(3,36)37;1-33(31,32)11-3-10-27-20(13-16-12-17(25)6-8-21(16)27)15-28-23-14-18(26)7-9-22(23)29(24(28)30)19-4-2-5-19;1-4(2)3-5-4;1-8(2)11(7)12(9(3)4)10(5)6;1-3-2/h5-8,11-13,22,35H,4,9-10,14-17H2,1-3H3;6-9,12-14,19H,2-5,10-11,15H2,1H3;3H2,1-2H3;1-7H2;3H,1-2H2. The number of rotatable bonds is 20. The predicted octanol–water partition coefficient (Wildman–Crippen LogP) is 17.0. The number of aromatic nitrogens is 6. The first kappa shape index (κ1) is 79.5. The predicted molar refractivity (Wildman–Crippen MR) is 428 cm³/mol. The lowest BCUT2D eigenvalue weighted by atomic mass is 9.93. The van der Waals surface area contributed by atoms with Crippen LogP contribution in [0.2, 0.25) is 10.0 Å². The van der Waals surface area contributed by atoms with Gasteiger partial charge in [0.15, 0.2) is 0 Å². The van der Waals surface area contributed by atoms with E-state index in [2.05, 4.69) is 99.1 Å². The zero-order chi connectivity index (χ0) is 67.2. The number of hydrogen-bond donors (Lipinski definition) is 1. The van der Waals surface area contributed by atoms with Gasteiger partial charge in [0.2, 0.25) is 0 Å². The first-order valence-electron chi connectivity index (χ1n) is 28.7. The number of fused-ring (bicyclic) bond motifs is 4. The van der Waals surface area contributed by atoms with E-state index in [1.54, 1.807) is 56.4 Å². The molecule has 2 saturated heterocycles. The van der Waals surface area contributed by atoms with Gasteiger partial charge in [0.05, 0.1) is 70.5 Å². The number of aliphatic hydroxyl groups is 1. The highest BCUT2D eigenvalue weighted by molar-refractivity contribution is 9.21. The largest absolute Gasteiger partial charge is 0.389 e. The van der Waals surface area contributed by atoms with E-state index in [-0.39, 0.29) is 94.4 Å². The number of likely N-dealkylation sites (tertiary alicyclic amines) is 1. The van der Waals surface area contributed by atoms with Crippen molar-refractivity contribution in [3.05, 3.63) is 139 Å². The second kappa shape index (κ2) is 34.7. The lowest BCUT2D eigenvalue weighted by Crippen LogP contribution is -2.54. The van der Waals surface area contributed by atoms with E-state index in [4.69, 9.17) is 27.9 Å². The van der Waals surface area contributed by atoms with Gasteiger partial charge in [-0.15, -0.1) is 80.4 Å². The molecule has 3 fully saturated rings. The summed E-state index contributed by atoms with van der Waals surface area (Å²) in [5.74, 6) is -0.692. The minimum absolute atomic E-state index is 0.0486. The summed E-state index contributed by atoms with van der Waals surface area (Å²) < 4.78 is 91.0. The monoisotopic (exact) mass is 1610 g/mol. The molecule has 0 amide bonds. The molecule has 91 heavy (non-hydrogen) atoms. The topological polar surface area (TPSA) is 168 Å². The van der Waals surface area contributed by atoms with Gasteiger partial charge in [-0.1, -0.05) is 31.2 Å². The molecule has 6 heterocycles. The number of nitrogens with zero attached hydrogens (tertiary/aromatic N) is 7. The van der Waals surface area contributed by atoms with Gasteiger partial charge in [-0.2, -0.15) is 0 Å². The number of sulfone groups is 2. The second-order valence-corrected chi connectivity index (χ2v) is 78.6. The Bertz CT molecular complexity index is 4180. The van der Waals surface area contributed by atoms with Gasteiger partial charge < -0.3 is 19.0 Å². The van der Waals surface area contributed by atoms with Crippen LogP contribution in [0.5, 0.6) is 0 Å². The second-order valence-electron chi connectivity index (χ2n) is 23.9. The van der Waals surface area contributed by atoms with E-state index in [0.29, 0.717) is 72.2 Å². The minimum atomic E-state index is -3.12. The molecular formula is C55H84Cl2F2N7O8P15S2. The number of imidazole rings is 2. The normalized spacial score (nSPS) is 15.7. The molecule has 0 spiro atoms. The van der Waals surface area contributed by atoms with E-state index in [0.717, 1.165) is 72.5 Å². The molecule has 11 rings (SSSR count). The molecule has 0 bridgehead atoms. The van der Waals surface area contributed by atoms with Crippen molar-refractivity contribution in [2.24, 2.45) is 0 Å². The van der Waals surface area contributed by atoms with Crippen LogP contribution in [0.4, 0.5) is 8.78 Å². The zero-order valence-corrected chi connectivity index (χ0v) is 70.5. The van der Waals surface area contributed by atoms with E-state index in [1.165, 1.54) is 36.8 Å². The summed E-state index contributed by atoms with van der Waals surface area (Å²) in [6, 6.07) is 23.9. The van der Waals surface area contributed by atoms with Crippen LogP contribution in [-0.2, 0) is 50.6 Å². The molecule has 4 aromatic heterocycles. The highest BCUT2D eigenvalue weighted by Crippen LogP contribution is 3.16. The number of ether oxygens (including phenoxy) is 1. The fraction of sp³-hybridized carbons (Fsp3) is 0.455. The van der Waals surface area contributed by atoms with Gasteiger partial charge in [0, 0.05) is 94.5 Å². The maximum atomic E-state index is 14.4. The van der Waals surface area contributed by atoms with Gasteiger partial charge in [-0.05, 0) is 180 Å². The number of β-amino-alcohol motifs (C(OH)–C–C–N with tert-alkyl or cyclic N) is 1. The molecule has 1 N–H and O–H groups in total. The summed E-state index contributed by atoms with van der Waals surface area (Å²) in [6.45, 7) is 12.4. The van der Waals surface area contributed by atoms with Crippen LogP contribution in [0.3, 0.4) is 0 Å². The number of benzene rings is 4. The Labute approximate surface area is 571 Å². The van der Waals surface area contributed by atoms with Crippen molar-refractivity contribution in [2.45, 2.75) is 109 Å². The summed E-state index contributed by atoms with van der Waals surface area (Å²) in [5, 5.41) is 13.1. The third-order valence-corrected chi connectivity index (χ3v) is 84.3. The fourth-order valence-corrected chi connectivity index (χ4v) is 115. The Morgan fingerprint density at radius 3 is 1.33 bits per heavy atom. The van der Waals surface area contributed by atoms with Crippen LogP contribution in [-0.4, -0.2) is 116 Å². The van der Waals surface area contributed by atoms with E-state index >= 15 is 0 Å². The molecule has 4 aromatic carbocycles. The highest BCUT2D eigenvalue weighted by atomic mass is 35.5. The van der Waals surface area contributed by atoms with Gasteiger partial charge >= 0.3 is 11.4 Å². The van der Waals surface area contributed by atoms with Crippen LogP contribution in [0.25, 0.3) is 43.9 Å². The zero-order valence-electron chi connectivity index (χ0n) is 51.5. The molecule has 502 valence electrons. The lowest BCUT2D eigenvalue weighted by Gasteiger charge is -2.42. The Morgan fingerprint density at radius 1 is 0.626 bits per heavy atom. The van der Waals surface area contributed by atoms with Crippen molar-refractivity contribution in [3.63, 3.8) is 0 Å². The first-order valence-corrected chi connectivity index (χ1v) is 59.0. The van der Waals surface area contributed by atoms with Crippen molar-refractivity contribution < 1.29 is 35.5 Å². The van der Waals surface area contributed by atoms with Crippen molar-refractivity contribution in [1.82, 2.24) is 32.3 Å². The van der Waals surface area contributed by atoms with E-state index < -0.39 is 31.1 Å². The smallest absolute Gasteiger partial charge is 0.329 e. The van der Waals surface area contributed by atoms with Gasteiger partial charge in [0.25, 0.3) is 0 Å². The number of hydrogen-bond acceptors (Lipinski definition) is 9. The van der Waals surface area contributed by atoms with Crippen LogP contribution in [0.1, 0.15) is 83.3 Å². The summed E-state index contributed by atoms with van der Waals surface area (Å²) in [7, 11) is 20.9. The fourth-order valence-electron chi connectivity index (χ4n) is 10.8. The molecular weight excluding hydrogens is 1520 g/mol. The van der Waals surface area contributed by atoms with Crippen LogP contribution in [0.15, 0.2) is 94.5 Å². The molecule has 0 radical (unpaired) electrons. The van der Waals surface area contributed by atoms with Gasteiger partial charge in [-0.25, -0.2) is 35.2 Å². The molecule has 10 unspecified atom stereocenters. The average molecular weight is 1610 g/mol. The summed E-state index contributed by atoms with van der Waals surface area (Å²) in [4.78, 5) is 29.3. The Balaban J connectivity index is 0.000000200. The number of aryl methyl sites for hydroxylation is 2. The SMILES string of the molecule is CC(C)(O)CN1CC(n2c(=O)n(Cc3cc4cc(Cl)ccc4n3CCCS(C)(=O)=O)c3cc(F)ccc32)C1.CC1(C)CO1.CS(=O)(=O)CCCn1c(Cn2c(=O)n(C3CCC3)c3ccc(F)cc32)cc2cc(Cl)ccc21.PP(P)P(P)P(P(P)P)P(P)P.PPP. The maximum Gasteiger partial charge on any atom is 0.329 e. The molecule has 36 heteroatoms. The van der Waals surface area contributed by atoms with Crippen LogP contribution in [0, 0.1) is 11.6 Å². The molecule has 15 nitrogen and oxygen atoms in total. The molecule has 1 saturated carbocycles. The molecule has 8 aromatic rings. The van der Waals surface area contributed by atoms with E-state index in [9.17, 15) is 40.3 Å². The maximum absolute atomic E-state index is 14.4. The minimum Gasteiger partial charge on any atom is -0.389 e. The lowest BCUT2D eigenvalue weighted by molar-refractivity contribution is -0.00418. The Hall–Kier alpha value is 1.17. The number of halogens is 4. The third kappa shape index (κ3) is 22.6. The number of epoxide rings is 1. The molecule has 1 aliphatic carbocycles. The van der Waals surface area contributed by atoms with Gasteiger partial charge in [-0.3, -0.25) is 23.2 Å². The highest BCUT2D eigenvalue weighted by Gasteiger charge is 2.35. The first-order chi connectivity index (χ1) is 42.5. The van der Waals surface area contributed by atoms with Crippen molar-refractivity contribution in [3.8, 4) is 0 Å². The van der Waals surface area contributed by atoms with Crippen molar-refractivity contribution in [2.75, 3.05) is 50.3 Å². The summed E-state index contributed by atoms with van der Waals surface area (Å²) in [5.41, 5.74) is 4.97. The quantitative estimate of drug-likeness (QED) is 0.0577. The van der Waals surface area contributed by atoms with Crippen molar-refractivity contribution >= 4 is 210 Å². The van der Waals surface area contributed by atoms with Crippen LogP contribution >= 0.6 is 146 Å². The molecule has 2 aliphatic heterocycles. The van der Waals surface area contributed by atoms with E-state index in [1.807, 2.05) is 45.5 Å². The Kier molecular flexibility index (Phi) is 30.3. The third-order valence-electron chi connectivity index (χ3n) is 15.1. The van der Waals surface area contributed by atoms with Crippen LogP contribution < -0.4 is 11.4 Å². The molecule has 3 aliphatic rings. The Morgan fingerprint density at radius 2 is 1.01 bits per heavy atom.